The zero-order valence-corrected chi connectivity index (χ0v) is 12.2. The van der Waals surface area contributed by atoms with Crippen molar-refractivity contribution < 1.29 is 17.3 Å². The second-order valence-corrected chi connectivity index (χ2v) is 6.68. The predicted molar refractivity (Wildman–Crippen MR) is 70.9 cm³/mol. The zero-order valence-electron chi connectivity index (χ0n) is 9.84. The van der Waals surface area contributed by atoms with Gasteiger partial charge in [0.05, 0.1) is 17.6 Å². The van der Waals surface area contributed by atoms with E-state index in [2.05, 4.69) is 15.9 Å². The Morgan fingerprint density at radius 2 is 2.06 bits per heavy atom. The monoisotopic (exact) mass is 334 g/mol. The Morgan fingerprint density at radius 1 is 1.33 bits per heavy atom. The number of benzene rings is 1. The summed E-state index contributed by atoms with van der Waals surface area (Å²) >= 11 is 3.26. The lowest BCUT2D eigenvalue weighted by atomic mass is 10.2. The quantitative estimate of drug-likeness (QED) is 0.777. The van der Waals surface area contributed by atoms with Gasteiger partial charge in [-0.1, -0.05) is 15.9 Å². The van der Waals surface area contributed by atoms with Gasteiger partial charge in [-0.3, -0.25) is 4.18 Å². The smallest absolute Gasteiger partial charge is 0.296 e. The Kier molecular flexibility index (Phi) is 4.77. The molecule has 0 spiro atoms. The average Bonchev–Trinajstić information content (AvgIpc) is 2.82. The van der Waals surface area contributed by atoms with Gasteiger partial charge in [-0.25, -0.2) is 0 Å². The molecule has 6 heteroatoms. The van der Waals surface area contributed by atoms with Crippen molar-refractivity contribution in [2.75, 3.05) is 13.2 Å². The van der Waals surface area contributed by atoms with Gasteiger partial charge in [0, 0.05) is 11.1 Å². The maximum atomic E-state index is 11.8. The molecule has 0 radical (unpaired) electrons. The molecule has 0 bridgehead atoms. The normalized spacial score (nSPS) is 20.2. The number of hydrogen-bond donors (Lipinski definition) is 0. The Hall–Kier alpha value is -0.430. The summed E-state index contributed by atoms with van der Waals surface area (Å²) in [5.74, 6) is 0. The number of rotatable bonds is 5. The Balaban J connectivity index is 1.88. The molecule has 18 heavy (non-hydrogen) atoms. The molecule has 0 aromatic heterocycles. The molecule has 2 rings (SSSR count). The highest BCUT2D eigenvalue weighted by Crippen LogP contribution is 2.19. The zero-order chi connectivity index (χ0) is 13.0. The Bertz CT molecular complexity index is 477. The first-order valence-electron chi connectivity index (χ1n) is 5.84. The van der Waals surface area contributed by atoms with Crippen molar-refractivity contribution in [3.05, 3.63) is 28.7 Å². The van der Waals surface area contributed by atoms with Gasteiger partial charge in [0.25, 0.3) is 10.1 Å². The molecule has 0 amide bonds. The molecule has 1 aliphatic rings. The van der Waals surface area contributed by atoms with E-state index >= 15 is 0 Å². The molecule has 1 fully saturated rings. The van der Waals surface area contributed by atoms with Crippen molar-refractivity contribution in [2.45, 2.75) is 30.3 Å². The lowest BCUT2D eigenvalue weighted by Gasteiger charge is -2.09. The topological polar surface area (TPSA) is 52.6 Å². The molecule has 0 N–H and O–H groups in total. The Morgan fingerprint density at radius 3 is 2.67 bits per heavy atom. The summed E-state index contributed by atoms with van der Waals surface area (Å²) in [6.45, 7) is 0.938. The minimum atomic E-state index is -3.65. The fourth-order valence-electron chi connectivity index (χ4n) is 1.83. The van der Waals surface area contributed by atoms with Gasteiger partial charge in [-0.15, -0.1) is 0 Å². The van der Waals surface area contributed by atoms with E-state index in [1.54, 1.807) is 12.1 Å². The van der Waals surface area contributed by atoms with Crippen LogP contribution in [0, 0.1) is 0 Å². The first-order chi connectivity index (χ1) is 8.58. The SMILES string of the molecule is O=S(=O)(OCCC1CCCO1)c1ccc(Br)cc1. The summed E-state index contributed by atoms with van der Waals surface area (Å²) in [6, 6.07) is 6.39. The molecule has 100 valence electrons. The highest BCUT2D eigenvalue weighted by Gasteiger charge is 2.19. The second kappa shape index (κ2) is 6.14. The van der Waals surface area contributed by atoms with Crippen LogP contribution >= 0.6 is 15.9 Å². The minimum Gasteiger partial charge on any atom is -0.378 e. The largest absolute Gasteiger partial charge is 0.378 e. The van der Waals surface area contributed by atoms with Crippen molar-refractivity contribution in [3.63, 3.8) is 0 Å². The maximum absolute atomic E-state index is 11.8. The molecule has 1 atom stereocenters. The summed E-state index contributed by atoms with van der Waals surface area (Å²) in [7, 11) is -3.65. The number of halogens is 1. The van der Waals surface area contributed by atoms with Gasteiger partial charge >= 0.3 is 0 Å². The first-order valence-corrected chi connectivity index (χ1v) is 8.05. The molecule has 1 aromatic carbocycles. The molecule has 1 aliphatic heterocycles. The molecule has 4 nitrogen and oxygen atoms in total. The molecule has 1 unspecified atom stereocenters. The van der Waals surface area contributed by atoms with Gasteiger partial charge in [-0.05, 0) is 43.5 Å². The van der Waals surface area contributed by atoms with Crippen LogP contribution in [0.25, 0.3) is 0 Å². The third-order valence-electron chi connectivity index (χ3n) is 2.80. The highest BCUT2D eigenvalue weighted by molar-refractivity contribution is 9.10. The summed E-state index contributed by atoms with van der Waals surface area (Å²) in [5.41, 5.74) is 0. The molecule has 1 aromatic rings. The van der Waals surface area contributed by atoms with Crippen LogP contribution in [0.1, 0.15) is 19.3 Å². The highest BCUT2D eigenvalue weighted by atomic mass is 79.9. The van der Waals surface area contributed by atoms with Gasteiger partial charge < -0.3 is 4.74 Å². The molecule has 0 aliphatic carbocycles. The van der Waals surface area contributed by atoms with Crippen molar-refractivity contribution in [1.82, 2.24) is 0 Å². The summed E-state index contributed by atoms with van der Waals surface area (Å²) in [5, 5.41) is 0. The molecule has 1 heterocycles. The van der Waals surface area contributed by atoms with Crippen LogP contribution in [-0.4, -0.2) is 27.7 Å². The van der Waals surface area contributed by atoms with E-state index < -0.39 is 10.1 Å². The number of hydrogen-bond acceptors (Lipinski definition) is 4. The van der Waals surface area contributed by atoms with Crippen molar-refractivity contribution in [3.8, 4) is 0 Å². The summed E-state index contributed by atoms with van der Waals surface area (Å²) < 4.78 is 34.9. The van der Waals surface area contributed by atoms with Crippen LogP contribution in [-0.2, 0) is 19.0 Å². The fraction of sp³-hybridized carbons (Fsp3) is 0.500. The van der Waals surface area contributed by atoms with Crippen LogP contribution < -0.4 is 0 Å². The maximum Gasteiger partial charge on any atom is 0.296 e. The van der Waals surface area contributed by atoms with E-state index in [0.717, 1.165) is 23.9 Å². The van der Waals surface area contributed by atoms with Gasteiger partial charge in [0.1, 0.15) is 0 Å². The Labute approximate surface area is 116 Å². The third-order valence-corrected chi connectivity index (χ3v) is 4.66. The lowest BCUT2D eigenvalue weighted by molar-refractivity contribution is 0.0913. The van der Waals surface area contributed by atoms with Crippen LogP contribution in [0.4, 0.5) is 0 Å². The van der Waals surface area contributed by atoms with E-state index in [-0.39, 0.29) is 17.6 Å². The van der Waals surface area contributed by atoms with Crippen LogP contribution in [0.15, 0.2) is 33.6 Å². The van der Waals surface area contributed by atoms with Crippen molar-refractivity contribution >= 4 is 26.0 Å². The van der Waals surface area contributed by atoms with E-state index in [1.165, 1.54) is 12.1 Å². The van der Waals surface area contributed by atoms with E-state index in [9.17, 15) is 8.42 Å². The van der Waals surface area contributed by atoms with Crippen LogP contribution in [0.2, 0.25) is 0 Å². The third kappa shape index (κ3) is 3.78. The van der Waals surface area contributed by atoms with E-state index in [1.807, 2.05) is 0 Å². The van der Waals surface area contributed by atoms with Gasteiger partial charge in [-0.2, -0.15) is 8.42 Å². The minimum absolute atomic E-state index is 0.144. The predicted octanol–water partition coefficient (Wildman–Crippen LogP) is 2.72. The molecular weight excluding hydrogens is 320 g/mol. The van der Waals surface area contributed by atoms with Crippen LogP contribution in [0.3, 0.4) is 0 Å². The van der Waals surface area contributed by atoms with Crippen molar-refractivity contribution in [2.24, 2.45) is 0 Å². The van der Waals surface area contributed by atoms with E-state index in [4.69, 9.17) is 8.92 Å². The van der Waals surface area contributed by atoms with Gasteiger partial charge in [0.15, 0.2) is 0 Å². The van der Waals surface area contributed by atoms with Crippen molar-refractivity contribution in [1.29, 1.82) is 0 Å². The average molecular weight is 335 g/mol. The molecule has 0 saturated carbocycles. The fourth-order valence-corrected chi connectivity index (χ4v) is 3.02. The summed E-state index contributed by atoms with van der Waals surface area (Å²) in [4.78, 5) is 0.179. The standard InChI is InChI=1S/C12H15BrO4S/c13-10-3-5-12(6-4-10)18(14,15)17-9-7-11-2-1-8-16-11/h3-6,11H,1-2,7-9H2. The van der Waals surface area contributed by atoms with Gasteiger partial charge in [0.2, 0.25) is 0 Å². The molecule has 1 saturated heterocycles. The summed E-state index contributed by atoms with van der Waals surface area (Å²) in [6.07, 6.45) is 2.80. The van der Waals surface area contributed by atoms with Crippen LogP contribution in [0.5, 0.6) is 0 Å². The lowest BCUT2D eigenvalue weighted by Crippen LogP contribution is -2.13. The number of ether oxygens (including phenoxy) is 1. The van der Waals surface area contributed by atoms with E-state index in [0.29, 0.717) is 6.42 Å². The molecular formula is C12H15BrO4S. The second-order valence-electron chi connectivity index (χ2n) is 4.15. The first kappa shape index (κ1) is 14.0.